The Kier molecular flexibility index (Phi) is 3.89. The van der Waals surface area contributed by atoms with Crippen molar-refractivity contribution in [1.82, 2.24) is 4.98 Å². The highest BCUT2D eigenvalue weighted by molar-refractivity contribution is 6.21. The molecular weight excluding hydrogens is 402 g/mol. The number of hydrogen-bond acceptors (Lipinski definition) is 3. The number of nitrogens with zero attached hydrogens (tertiary/aromatic N) is 1. The second kappa shape index (κ2) is 6.78. The van der Waals surface area contributed by atoms with E-state index in [2.05, 4.69) is 10.3 Å². The van der Waals surface area contributed by atoms with Crippen LogP contribution in [0.3, 0.4) is 0 Å². The zero-order valence-electron chi connectivity index (χ0n) is 17.2. The smallest absolute Gasteiger partial charge is 0.284 e. The van der Waals surface area contributed by atoms with Gasteiger partial charge in [-0.05, 0) is 36.4 Å². The molecular formula is C26H18N3O3+. The number of ether oxygens (including phenoxy) is 1. The third-order valence-electron chi connectivity index (χ3n) is 5.92. The van der Waals surface area contributed by atoms with Gasteiger partial charge in [0.25, 0.3) is 17.4 Å². The highest BCUT2D eigenvalue weighted by atomic mass is 16.5. The summed E-state index contributed by atoms with van der Waals surface area (Å²) in [6, 6.07) is 22.3. The van der Waals surface area contributed by atoms with E-state index in [-0.39, 0.29) is 11.7 Å². The zero-order valence-corrected chi connectivity index (χ0v) is 17.2. The second-order valence-corrected chi connectivity index (χ2v) is 7.74. The number of carbonyl (C=O) groups excluding carboxylic acids is 2. The van der Waals surface area contributed by atoms with E-state index in [1.54, 1.807) is 19.2 Å². The fourth-order valence-electron chi connectivity index (χ4n) is 4.39. The van der Waals surface area contributed by atoms with Crippen LogP contribution in [-0.2, 0) is 0 Å². The predicted molar refractivity (Wildman–Crippen MR) is 122 cm³/mol. The van der Waals surface area contributed by atoms with E-state index in [4.69, 9.17) is 4.74 Å². The van der Waals surface area contributed by atoms with E-state index in [9.17, 15) is 9.59 Å². The second-order valence-electron chi connectivity index (χ2n) is 7.74. The number of nitrogens with one attached hydrogen (secondary N) is 2. The van der Waals surface area contributed by atoms with Crippen molar-refractivity contribution < 1.29 is 18.9 Å². The number of aromatic nitrogens is 2. The van der Waals surface area contributed by atoms with Gasteiger partial charge in [0.1, 0.15) is 16.8 Å². The first-order valence-electron chi connectivity index (χ1n) is 10.2. The van der Waals surface area contributed by atoms with Crippen molar-refractivity contribution >= 4 is 39.2 Å². The van der Waals surface area contributed by atoms with E-state index in [0.717, 1.165) is 27.5 Å². The van der Waals surface area contributed by atoms with Crippen molar-refractivity contribution in [3.8, 4) is 11.4 Å². The van der Waals surface area contributed by atoms with Crippen LogP contribution >= 0.6 is 0 Å². The van der Waals surface area contributed by atoms with Gasteiger partial charge in [-0.3, -0.25) is 9.59 Å². The lowest BCUT2D eigenvalue weighted by Gasteiger charge is -2.07. The Hall–Kier alpha value is -4.45. The molecule has 0 aliphatic carbocycles. The molecule has 0 saturated heterocycles. The van der Waals surface area contributed by atoms with Crippen LogP contribution in [0, 0.1) is 0 Å². The molecule has 6 nitrogen and oxygen atoms in total. The van der Waals surface area contributed by atoms with Crippen molar-refractivity contribution in [2.24, 2.45) is 0 Å². The van der Waals surface area contributed by atoms with E-state index in [0.29, 0.717) is 28.3 Å². The molecule has 1 aliphatic heterocycles. The van der Waals surface area contributed by atoms with E-state index in [1.807, 2.05) is 71.4 Å². The Bertz CT molecular complexity index is 1580. The number of anilines is 1. The highest BCUT2D eigenvalue weighted by Gasteiger charge is 2.38. The molecule has 1 aliphatic rings. The van der Waals surface area contributed by atoms with E-state index in [1.165, 1.54) is 0 Å². The number of pyridine rings is 1. The summed E-state index contributed by atoms with van der Waals surface area (Å²) in [4.78, 5) is 29.4. The number of fused-ring (bicyclic) bond motifs is 7. The molecule has 0 atom stereocenters. The summed E-state index contributed by atoms with van der Waals surface area (Å²) in [6.45, 7) is 0. The van der Waals surface area contributed by atoms with Crippen LogP contribution in [0.2, 0.25) is 0 Å². The molecule has 32 heavy (non-hydrogen) atoms. The fourth-order valence-corrected chi connectivity index (χ4v) is 4.39. The van der Waals surface area contributed by atoms with E-state index >= 15 is 0 Å². The summed E-state index contributed by atoms with van der Waals surface area (Å²) in [5.41, 5.74) is 5.02. The minimum Gasteiger partial charge on any atom is -0.497 e. The number of benzene rings is 3. The fraction of sp³-hybridized carbons (Fsp3) is 0.0385. The summed E-state index contributed by atoms with van der Waals surface area (Å²) >= 11 is 0. The zero-order chi connectivity index (χ0) is 21.8. The minimum atomic E-state index is -0.214. The van der Waals surface area contributed by atoms with Crippen LogP contribution in [-0.4, -0.2) is 23.8 Å². The van der Waals surface area contributed by atoms with E-state index < -0.39 is 0 Å². The predicted octanol–water partition coefficient (Wildman–Crippen LogP) is 4.40. The molecule has 154 valence electrons. The highest BCUT2D eigenvalue weighted by Crippen LogP contribution is 2.31. The first-order valence-corrected chi connectivity index (χ1v) is 10.2. The van der Waals surface area contributed by atoms with Gasteiger partial charge in [0.15, 0.2) is 6.20 Å². The van der Waals surface area contributed by atoms with Crippen molar-refractivity contribution in [2.45, 2.75) is 0 Å². The molecule has 3 heterocycles. The first kappa shape index (κ1) is 18.3. The van der Waals surface area contributed by atoms with Crippen LogP contribution in [0.4, 0.5) is 5.69 Å². The molecule has 6 rings (SSSR count). The third-order valence-corrected chi connectivity index (χ3v) is 5.92. The van der Waals surface area contributed by atoms with Crippen LogP contribution in [0.25, 0.3) is 27.5 Å². The topological polar surface area (TPSA) is 75.1 Å². The summed E-state index contributed by atoms with van der Waals surface area (Å²) in [6.07, 6.45) is 1.91. The van der Waals surface area contributed by atoms with Crippen molar-refractivity contribution in [3.05, 3.63) is 95.8 Å². The minimum absolute atomic E-state index is 0.00579. The molecule has 2 aromatic heterocycles. The summed E-state index contributed by atoms with van der Waals surface area (Å²) in [5, 5.41) is 4.71. The molecule has 0 bridgehead atoms. The lowest BCUT2D eigenvalue weighted by molar-refractivity contribution is -0.592. The maximum atomic E-state index is 13.1. The van der Waals surface area contributed by atoms with Crippen LogP contribution in [0.5, 0.6) is 5.75 Å². The molecule has 1 amide bonds. The number of methoxy groups -OCH3 is 1. The third kappa shape index (κ3) is 2.63. The Labute approximate surface area is 183 Å². The Morgan fingerprint density at radius 1 is 0.969 bits per heavy atom. The van der Waals surface area contributed by atoms with Gasteiger partial charge in [-0.15, -0.1) is 0 Å². The molecule has 0 fully saturated rings. The Morgan fingerprint density at radius 2 is 1.84 bits per heavy atom. The quantitative estimate of drug-likeness (QED) is 0.417. The summed E-state index contributed by atoms with van der Waals surface area (Å²) in [7, 11) is 1.59. The molecule has 0 radical (unpaired) electrons. The van der Waals surface area contributed by atoms with Gasteiger partial charge in [-0.1, -0.05) is 18.2 Å². The van der Waals surface area contributed by atoms with Gasteiger partial charge in [0, 0.05) is 45.7 Å². The number of carbonyl (C=O) groups is 2. The Morgan fingerprint density at radius 3 is 2.72 bits per heavy atom. The summed E-state index contributed by atoms with van der Waals surface area (Å²) in [5.74, 6) is 0.453. The van der Waals surface area contributed by atoms with Crippen LogP contribution < -0.4 is 14.6 Å². The van der Waals surface area contributed by atoms with Gasteiger partial charge in [-0.2, -0.15) is 4.57 Å². The molecule has 2 N–H and O–H groups in total. The van der Waals surface area contributed by atoms with Crippen molar-refractivity contribution in [2.75, 3.05) is 12.4 Å². The van der Waals surface area contributed by atoms with Crippen molar-refractivity contribution in [3.63, 3.8) is 0 Å². The van der Waals surface area contributed by atoms with Gasteiger partial charge in [-0.25, -0.2) is 0 Å². The number of para-hydroxylation sites is 1. The first-order chi connectivity index (χ1) is 15.6. The number of aromatic amines is 1. The molecule has 0 unspecified atom stereocenters. The monoisotopic (exact) mass is 420 g/mol. The SMILES string of the molecule is COc1cccc(NC(=O)c2ccc3[nH]c4c5[n+](ccc4c3c2)-c2ccccc2C5=O)c1. The lowest BCUT2D eigenvalue weighted by Crippen LogP contribution is -2.31. The van der Waals surface area contributed by atoms with Crippen LogP contribution in [0.15, 0.2) is 79.0 Å². The number of rotatable bonds is 3. The molecule has 5 aromatic rings. The normalized spacial score (nSPS) is 12.1. The van der Waals surface area contributed by atoms with Gasteiger partial charge < -0.3 is 15.0 Å². The largest absolute Gasteiger partial charge is 0.497 e. The molecule has 3 aromatic carbocycles. The number of amides is 1. The Balaban J connectivity index is 1.44. The molecule has 6 heteroatoms. The van der Waals surface area contributed by atoms with Gasteiger partial charge in [0.2, 0.25) is 5.69 Å². The maximum Gasteiger partial charge on any atom is 0.284 e. The maximum absolute atomic E-state index is 13.1. The van der Waals surface area contributed by atoms with Gasteiger partial charge >= 0.3 is 0 Å². The number of ketones is 1. The van der Waals surface area contributed by atoms with Gasteiger partial charge in [0.05, 0.1) is 7.11 Å². The summed E-state index contributed by atoms with van der Waals surface area (Å²) < 4.78 is 7.14. The average molecular weight is 420 g/mol. The number of H-pyrrole nitrogens is 1. The molecule has 0 spiro atoms. The standard InChI is InChI=1S/C26H17N3O3/c1-32-17-6-4-5-16(14-17)27-26(31)15-9-10-21-20(13-15)18-11-12-29-22-8-3-2-7-19(22)25(30)24(29)23(18)28-21/h2-14H,1H3,(H,27,31)/p+1. The molecule has 0 saturated carbocycles. The van der Waals surface area contributed by atoms with Crippen LogP contribution in [0.1, 0.15) is 26.4 Å². The lowest BCUT2D eigenvalue weighted by atomic mass is 10.1. The average Bonchev–Trinajstić information content (AvgIpc) is 3.34. The van der Waals surface area contributed by atoms with Crippen molar-refractivity contribution in [1.29, 1.82) is 0 Å². The number of hydrogen-bond donors (Lipinski definition) is 2.